The third kappa shape index (κ3) is 4.46. The Hall–Kier alpha value is -3.40. The van der Waals surface area contributed by atoms with Crippen molar-refractivity contribution in [2.75, 3.05) is 0 Å². The number of carbonyl (C=O) groups excluding carboxylic acids is 1. The maximum Gasteiger partial charge on any atom is 0.269 e. The summed E-state index contributed by atoms with van der Waals surface area (Å²) in [4.78, 5) is 22.8. The molecule has 1 N–H and O–H groups in total. The molecule has 1 heterocycles. The van der Waals surface area contributed by atoms with Gasteiger partial charge in [0, 0.05) is 29.8 Å². The van der Waals surface area contributed by atoms with Gasteiger partial charge in [0.1, 0.15) is 23.2 Å². The van der Waals surface area contributed by atoms with Crippen LogP contribution in [0.25, 0.3) is 17.4 Å². The minimum Gasteiger partial charge on any atom is -0.457 e. The molecule has 7 heteroatoms. The molecule has 0 unspecified atom stereocenters. The summed E-state index contributed by atoms with van der Waals surface area (Å²) >= 11 is 0. The van der Waals surface area contributed by atoms with Crippen molar-refractivity contribution in [1.82, 2.24) is 5.32 Å². The molecule has 0 spiro atoms. The Morgan fingerprint density at radius 1 is 1.29 bits per heavy atom. The summed E-state index contributed by atoms with van der Waals surface area (Å²) in [5.41, 5.74) is 1.43. The Morgan fingerprint density at radius 3 is 2.68 bits per heavy atom. The van der Waals surface area contributed by atoms with Crippen LogP contribution in [0.2, 0.25) is 0 Å². The summed E-state index contributed by atoms with van der Waals surface area (Å²) in [6.45, 7) is 1.76. The van der Waals surface area contributed by atoms with Crippen molar-refractivity contribution in [2.24, 2.45) is 0 Å². The van der Waals surface area contributed by atoms with Crippen LogP contribution in [0, 0.1) is 28.4 Å². The van der Waals surface area contributed by atoms with Crippen molar-refractivity contribution in [3.05, 3.63) is 57.3 Å². The summed E-state index contributed by atoms with van der Waals surface area (Å²) in [6.07, 6.45) is 6.66. The van der Waals surface area contributed by atoms with Gasteiger partial charge in [-0.1, -0.05) is 19.3 Å². The quantitative estimate of drug-likeness (QED) is 0.355. The number of furan rings is 1. The molecule has 1 fully saturated rings. The normalized spacial score (nSPS) is 15.1. The minimum absolute atomic E-state index is 0.00750. The van der Waals surface area contributed by atoms with Crippen molar-refractivity contribution < 1.29 is 14.1 Å². The lowest BCUT2D eigenvalue weighted by molar-refractivity contribution is -0.384. The van der Waals surface area contributed by atoms with Gasteiger partial charge >= 0.3 is 0 Å². The van der Waals surface area contributed by atoms with Crippen LogP contribution in [0.3, 0.4) is 0 Å². The van der Waals surface area contributed by atoms with Crippen LogP contribution in [0.1, 0.15) is 43.4 Å². The van der Waals surface area contributed by atoms with Crippen LogP contribution in [-0.2, 0) is 4.79 Å². The number of hydrogen-bond donors (Lipinski definition) is 1. The standard InChI is InChI=1S/C21H21N3O4/c1-14-11-17(24(26)27)7-9-19(14)20-10-8-18(28-20)12-15(13-22)21(25)23-16-5-3-2-4-6-16/h7-12,16H,2-6H2,1H3,(H,23,25)/b15-12+. The fraction of sp³-hybridized carbons (Fsp3) is 0.333. The number of non-ortho nitro benzene ring substituents is 1. The molecule has 0 saturated heterocycles. The van der Waals surface area contributed by atoms with E-state index < -0.39 is 4.92 Å². The predicted molar refractivity (Wildman–Crippen MR) is 104 cm³/mol. The SMILES string of the molecule is Cc1cc([N+](=O)[O-])ccc1-c1ccc(/C=C(\C#N)C(=O)NC2CCCCC2)o1. The summed E-state index contributed by atoms with van der Waals surface area (Å²) in [7, 11) is 0. The number of aryl methyl sites for hydroxylation is 1. The summed E-state index contributed by atoms with van der Waals surface area (Å²) in [5.74, 6) is 0.505. The molecule has 1 aromatic heterocycles. The Labute approximate surface area is 162 Å². The number of nitrogens with zero attached hydrogens (tertiary/aromatic N) is 2. The maximum atomic E-state index is 12.4. The summed E-state index contributed by atoms with van der Waals surface area (Å²) < 4.78 is 5.75. The van der Waals surface area contributed by atoms with E-state index in [9.17, 15) is 20.2 Å². The first-order valence-corrected chi connectivity index (χ1v) is 9.26. The second-order valence-corrected chi connectivity index (χ2v) is 6.94. The second kappa shape index (κ2) is 8.53. The van der Waals surface area contributed by atoms with E-state index in [2.05, 4.69) is 5.32 Å². The van der Waals surface area contributed by atoms with E-state index in [1.807, 2.05) is 6.07 Å². The zero-order valence-electron chi connectivity index (χ0n) is 15.6. The van der Waals surface area contributed by atoms with Crippen LogP contribution in [0.4, 0.5) is 5.69 Å². The van der Waals surface area contributed by atoms with E-state index >= 15 is 0 Å². The third-order valence-corrected chi connectivity index (χ3v) is 4.91. The fourth-order valence-corrected chi connectivity index (χ4v) is 3.41. The fourth-order valence-electron chi connectivity index (χ4n) is 3.41. The van der Waals surface area contributed by atoms with Gasteiger partial charge in [-0.3, -0.25) is 14.9 Å². The zero-order chi connectivity index (χ0) is 20.1. The first-order valence-electron chi connectivity index (χ1n) is 9.26. The van der Waals surface area contributed by atoms with Crippen molar-refractivity contribution in [3.8, 4) is 17.4 Å². The topological polar surface area (TPSA) is 109 Å². The molecule has 1 aliphatic rings. The monoisotopic (exact) mass is 379 g/mol. The van der Waals surface area contributed by atoms with Crippen LogP contribution in [0.15, 0.2) is 40.3 Å². The van der Waals surface area contributed by atoms with Crippen molar-refractivity contribution in [2.45, 2.75) is 45.1 Å². The van der Waals surface area contributed by atoms with Gasteiger partial charge in [-0.05, 0) is 43.5 Å². The van der Waals surface area contributed by atoms with Gasteiger partial charge in [0.2, 0.25) is 0 Å². The number of hydrogen-bond acceptors (Lipinski definition) is 5. The van der Waals surface area contributed by atoms with Gasteiger partial charge in [-0.2, -0.15) is 5.26 Å². The highest BCUT2D eigenvalue weighted by Crippen LogP contribution is 2.29. The first kappa shape index (κ1) is 19.4. The number of nitro groups is 1. The molecule has 1 amide bonds. The Bertz CT molecular complexity index is 962. The molecular weight excluding hydrogens is 358 g/mol. The van der Waals surface area contributed by atoms with Crippen molar-refractivity contribution in [3.63, 3.8) is 0 Å². The molecule has 2 aromatic rings. The molecular formula is C21H21N3O4. The van der Waals surface area contributed by atoms with Crippen molar-refractivity contribution >= 4 is 17.7 Å². The van der Waals surface area contributed by atoms with E-state index in [0.717, 1.165) is 31.2 Å². The number of rotatable bonds is 5. The molecule has 1 saturated carbocycles. The van der Waals surface area contributed by atoms with Crippen LogP contribution in [-0.4, -0.2) is 16.9 Å². The number of amides is 1. The number of benzene rings is 1. The van der Waals surface area contributed by atoms with Crippen LogP contribution >= 0.6 is 0 Å². The summed E-state index contributed by atoms with van der Waals surface area (Å²) in [6, 6.07) is 9.96. The number of nitro benzene ring substituents is 1. The first-order chi connectivity index (χ1) is 13.5. The molecule has 1 aliphatic carbocycles. The molecule has 0 radical (unpaired) electrons. The Balaban J connectivity index is 1.77. The largest absolute Gasteiger partial charge is 0.457 e. The van der Waals surface area contributed by atoms with Gasteiger partial charge in [0.05, 0.1) is 4.92 Å². The van der Waals surface area contributed by atoms with E-state index in [-0.39, 0.29) is 23.2 Å². The summed E-state index contributed by atoms with van der Waals surface area (Å²) in [5, 5.41) is 23.1. The van der Waals surface area contributed by atoms with Crippen molar-refractivity contribution in [1.29, 1.82) is 5.26 Å². The average molecular weight is 379 g/mol. The lowest BCUT2D eigenvalue weighted by atomic mass is 9.95. The molecule has 28 heavy (non-hydrogen) atoms. The minimum atomic E-state index is -0.447. The molecule has 1 aromatic carbocycles. The van der Waals surface area contributed by atoms with Crippen LogP contribution < -0.4 is 5.32 Å². The molecule has 3 rings (SSSR count). The molecule has 0 atom stereocenters. The number of nitrogens with one attached hydrogen (secondary N) is 1. The van der Waals surface area contributed by atoms with Gasteiger partial charge in [0.15, 0.2) is 0 Å². The van der Waals surface area contributed by atoms with Gasteiger partial charge in [-0.25, -0.2) is 0 Å². The highest BCUT2D eigenvalue weighted by Gasteiger charge is 2.19. The van der Waals surface area contributed by atoms with Gasteiger partial charge < -0.3 is 9.73 Å². The van der Waals surface area contributed by atoms with Gasteiger partial charge in [-0.15, -0.1) is 0 Å². The Morgan fingerprint density at radius 2 is 2.04 bits per heavy atom. The Kier molecular flexibility index (Phi) is 5.90. The predicted octanol–water partition coefficient (Wildman–Crippen LogP) is 4.52. The van der Waals surface area contributed by atoms with E-state index in [4.69, 9.17) is 4.42 Å². The lowest BCUT2D eigenvalue weighted by Gasteiger charge is -2.22. The zero-order valence-corrected chi connectivity index (χ0v) is 15.6. The molecule has 7 nitrogen and oxygen atoms in total. The van der Waals surface area contributed by atoms with Crippen LogP contribution in [0.5, 0.6) is 0 Å². The smallest absolute Gasteiger partial charge is 0.269 e. The number of nitriles is 1. The lowest BCUT2D eigenvalue weighted by Crippen LogP contribution is -2.36. The van der Waals surface area contributed by atoms with E-state index in [0.29, 0.717) is 17.1 Å². The second-order valence-electron chi connectivity index (χ2n) is 6.94. The van der Waals surface area contributed by atoms with Gasteiger partial charge in [0.25, 0.3) is 11.6 Å². The molecule has 0 aliphatic heterocycles. The average Bonchev–Trinajstić information content (AvgIpc) is 3.15. The highest BCUT2D eigenvalue weighted by molar-refractivity contribution is 6.01. The third-order valence-electron chi connectivity index (χ3n) is 4.91. The highest BCUT2D eigenvalue weighted by atomic mass is 16.6. The maximum absolute atomic E-state index is 12.4. The number of carbonyl (C=O) groups is 1. The molecule has 0 bridgehead atoms. The molecule has 144 valence electrons. The van der Waals surface area contributed by atoms with E-state index in [1.165, 1.54) is 24.6 Å². The van der Waals surface area contributed by atoms with E-state index in [1.54, 1.807) is 25.1 Å².